The van der Waals surface area contributed by atoms with E-state index in [9.17, 15) is 4.79 Å². The van der Waals surface area contributed by atoms with Crippen molar-refractivity contribution in [2.75, 3.05) is 12.4 Å². The second-order valence-electron chi connectivity index (χ2n) is 5.92. The van der Waals surface area contributed by atoms with Gasteiger partial charge in [-0.15, -0.1) is 0 Å². The third-order valence-electron chi connectivity index (χ3n) is 3.69. The molecule has 0 aliphatic heterocycles. The topological polar surface area (TPSA) is 26.3 Å². The van der Waals surface area contributed by atoms with Gasteiger partial charge in [-0.3, -0.25) is 4.79 Å². The van der Waals surface area contributed by atoms with E-state index in [1.54, 1.807) is 0 Å². The molecule has 0 heterocycles. The predicted octanol–water partition coefficient (Wildman–Crippen LogP) is 6.27. The number of ether oxygens (including phenoxy) is 1. The van der Waals surface area contributed by atoms with E-state index < -0.39 is 0 Å². The van der Waals surface area contributed by atoms with Crippen LogP contribution in [-0.2, 0) is 9.53 Å². The Morgan fingerprint density at radius 2 is 1.48 bits per heavy atom. The molecular formula is C20H36O2S. The standard InChI is InChI=1S/C20H36O2S/c1-2-3-4-5-6-7-8-9-10-11-12-13-14-15-16-17-20(21)22-18-19-23/h6-7,9-10,23H,2-5,8,11-19H2,1H3/b7-6+,10-9+. The Balaban J connectivity index is 3.23. The van der Waals surface area contributed by atoms with Gasteiger partial charge in [0.1, 0.15) is 6.61 Å². The monoisotopic (exact) mass is 340 g/mol. The lowest BCUT2D eigenvalue weighted by molar-refractivity contribution is -0.143. The molecule has 0 aromatic carbocycles. The minimum absolute atomic E-state index is 0.0790. The van der Waals surface area contributed by atoms with Crippen molar-refractivity contribution < 1.29 is 9.53 Å². The summed E-state index contributed by atoms with van der Waals surface area (Å²) in [6, 6.07) is 0. The van der Waals surface area contributed by atoms with Crippen LogP contribution >= 0.6 is 12.6 Å². The van der Waals surface area contributed by atoms with Crippen molar-refractivity contribution in [3.63, 3.8) is 0 Å². The van der Waals surface area contributed by atoms with Gasteiger partial charge in [0.2, 0.25) is 0 Å². The smallest absolute Gasteiger partial charge is 0.305 e. The zero-order chi connectivity index (χ0) is 17.0. The van der Waals surface area contributed by atoms with Crippen molar-refractivity contribution >= 4 is 18.6 Å². The van der Waals surface area contributed by atoms with Gasteiger partial charge in [0.25, 0.3) is 0 Å². The zero-order valence-electron chi connectivity index (χ0n) is 15.0. The second-order valence-corrected chi connectivity index (χ2v) is 6.37. The number of hydrogen-bond acceptors (Lipinski definition) is 3. The molecule has 0 fully saturated rings. The third-order valence-corrected chi connectivity index (χ3v) is 3.87. The van der Waals surface area contributed by atoms with Crippen LogP contribution in [0.4, 0.5) is 0 Å². The molecule has 3 heteroatoms. The van der Waals surface area contributed by atoms with E-state index >= 15 is 0 Å². The highest BCUT2D eigenvalue weighted by molar-refractivity contribution is 7.80. The summed E-state index contributed by atoms with van der Waals surface area (Å²) < 4.78 is 4.98. The molecule has 23 heavy (non-hydrogen) atoms. The SMILES string of the molecule is CCCCC/C=C/C/C=C/CCCCCCCC(=O)OCCS. The minimum Gasteiger partial charge on any atom is -0.465 e. The van der Waals surface area contributed by atoms with Crippen LogP contribution in [0, 0.1) is 0 Å². The molecule has 0 rings (SSSR count). The number of allylic oxidation sites excluding steroid dienone is 4. The molecule has 0 N–H and O–H groups in total. The molecule has 0 saturated carbocycles. The Labute approximate surface area is 149 Å². The average Bonchev–Trinajstić information content (AvgIpc) is 2.56. The summed E-state index contributed by atoms with van der Waals surface area (Å²) >= 11 is 4.01. The average molecular weight is 341 g/mol. The molecule has 0 bridgehead atoms. The maximum atomic E-state index is 11.3. The molecule has 0 aliphatic carbocycles. The van der Waals surface area contributed by atoms with E-state index in [-0.39, 0.29) is 5.97 Å². The van der Waals surface area contributed by atoms with E-state index in [1.165, 1.54) is 51.4 Å². The molecule has 0 radical (unpaired) electrons. The fourth-order valence-electron chi connectivity index (χ4n) is 2.31. The minimum atomic E-state index is -0.0790. The van der Waals surface area contributed by atoms with Crippen LogP contribution in [-0.4, -0.2) is 18.3 Å². The number of hydrogen-bond donors (Lipinski definition) is 1. The first kappa shape index (κ1) is 22.3. The summed E-state index contributed by atoms with van der Waals surface area (Å²) in [5.41, 5.74) is 0. The van der Waals surface area contributed by atoms with Gasteiger partial charge in [0, 0.05) is 12.2 Å². The maximum Gasteiger partial charge on any atom is 0.305 e. The zero-order valence-corrected chi connectivity index (χ0v) is 15.9. The lowest BCUT2D eigenvalue weighted by Crippen LogP contribution is -2.06. The van der Waals surface area contributed by atoms with Crippen LogP contribution in [0.15, 0.2) is 24.3 Å². The molecular weight excluding hydrogens is 304 g/mol. The Morgan fingerprint density at radius 3 is 2.13 bits per heavy atom. The highest BCUT2D eigenvalue weighted by atomic mass is 32.1. The Kier molecular flexibility index (Phi) is 18.8. The van der Waals surface area contributed by atoms with Crippen LogP contribution in [0.2, 0.25) is 0 Å². The summed E-state index contributed by atoms with van der Waals surface area (Å²) in [5.74, 6) is 0.526. The fraction of sp³-hybridized carbons (Fsp3) is 0.750. The highest BCUT2D eigenvalue weighted by Crippen LogP contribution is 2.08. The largest absolute Gasteiger partial charge is 0.465 e. The molecule has 0 unspecified atom stereocenters. The van der Waals surface area contributed by atoms with Crippen LogP contribution < -0.4 is 0 Å². The number of carbonyl (C=O) groups excluding carboxylic acids is 1. The van der Waals surface area contributed by atoms with Crippen LogP contribution in [0.5, 0.6) is 0 Å². The van der Waals surface area contributed by atoms with Gasteiger partial charge in [-0.2, -0.15) is 12.6 Å². The van der Waals surface area contributed by atoms with Gasteiger partial charge in [0.15, 0.2) is 0 Å². The molecule has 0 spiro atoms. The Hall–Kier alpha value is -0.700. The lowest BCUT2D eigenvalue weighted by Gasteiger charge is -2.02. The number of thiol groups is 1. The first-order chi connectivity index (χ1) is 11.3. The summed E-state index contributed by atoms with van der Waals surface area (Å²) in [7, 11) is 0. The molecule has 0 aromatic rings. The first-order valence-electron chi connectivity index (χ1n) is 9.37. The van der Waals surface area contributed by atoms with E-state index in [0.717, 1.165) is 19.3 Å². The van der Waals surface area contributed by atoms with Crippen LogP contribution in [0.25, 0.3) is 0 Å². The Morgan fingerprint density at radius 1 is 0.870 bits per heavy atom. The normalized spacial score (nSPS) is 11.6. The van der Waals surface area contributed by atoms with Gasteiger partial charge >= 0.3 is 5.97 Å². The van der Waals surface area contributed by atoms with Gasteiger partial charge in [-0.1, -0.05) is 63.3 Å². The molecule has 0 aromatic heterocycles. The molecule has 0 aliphatic rings. The van der Waals surface area contributed by atoms with Crippen molar-refractivity contribution in [1.29, 1.82) is 0 Å². The van der Waals surface area contributed by atoms with Crippen molar-refractivity contribution in [1.82, 2.24) is 0 Å². The quantitative estimate of drug-likeness (QED) is 0.155. The van der Waals surface area contributed by atoms with Crippen LogP contribution in [0.1, 0.15) is 84.0 Å². The molecule has 0 amide bonds. The first-order valence-corrected chi connectivity index (χ1v) is 10.0. The van der Waals surface area contributed by atoms with E-state index in [2.05, 4.69) is 43.9 Å². The van der Waals surface area contributed by atoms with Crippen molar-refractivity contribution in [2.45, 2.75) is 84.0 Å². The van der Waals surface area contributed by atoms with Gasteiger partial charge < -0.3 is 4.74 Å². The molecule has 0 atom stereocenters. The third kappa shape index (κ3) is 19.3. The predicted molar refractivity (Wildman–Crippen MR) is 104 cm³/mol. The second kappa shape index (κ2) is 19.3. The van der Waals surface area contributed by atoms with Crippen molar-refractivity contribution in [3.05, 3.63) is 24.3 Å². The summed E-state index contributed by atoms with van der Waals surface area (Å²) in [6.45, 7) is 2.67. The number of unbranched alkanes of at least 4 members (excludes halogenated alkanes) is 8. The van der Waals surface area contributed by atoms with E-state index in [4.69, 9.17) is 4.74 Å². The maximum absolute atomic E-state index is 11.3. The summed E-state index contributed by atoms with van der Waals surface area (Å²) in [6.07, 6.45) is 22.9. The molecule has 134 valence electrons. The number of esters is 1. The van der Waals surface area contributed by atoms with E-state index in [0.29, 0.717) is 18.8 Å². The molecule has 2 nitrogen and oxygen atoms in total. The fourth-order valence-corrected chi connectivity index (χ4v) is 2.40. The Bertz CT molecular complexity index is 311. The number of carbonyl (C=O) groups is 1. The van der Waals surface area contributed by atoms with E-state index in [1.807, 2.05) is 0 Å². The van der Waals surface area contributed by atoms with Gasteiger partial charge in [-0.25, -0.2) is 0 Å². The number of rotatable bonds is 16. The molecule has 0 saturated heterocycles. The summed E-state index contributed by atoms with van der Waals surface area (Å²) in [5, 5.41) is 0. The van der Waals surface area contributed by atoms with Crippen molar-refractivity contribution in [3.8, 4) is 0 Å². The highest BCUT2D eigenvalue weighted by Gasteiger charge is 2.01. The van der Waals surface area contributed by atoms with Crippen molar-refractivity contribution in [2.24, 2.45) is 0 Å². The summed E-state index contributed by atoms with van der Waals surface area (Å²) in [4.78, 5) is 11.3. The van der Waals surface area contributed by atoms with Gasteiger partial charge in [0.05, 0.1) is 0 Å². The lowest BCUT2D eigenvalue weighted by atomic mass is 10.1. The van der Waals surface area contributed by atoms with Gasteiger partial charge in [-0.05, 0) is 38.5 Å². The van der Waals surface area contributed by atoms with Crippen LogP contribution in [0.3, 0.4) is 0 Å².